The number of anilines is 1. The van der Waals surface area contributed by atoms with Crippen molar-refractivity contribution in [2.45, 2.75) is 38.9 Å². The third-order valence-corrected chi connectivity index (χ3v) is 5.27. The molecule has 0 saturated carbocycles. The molecule has 4 heterocycles. The topological polar surface area (TPSA) is 59.7 Å². The fourth-order valence-electron chi connectivity index (χ4n) is 3.61. The molecule has 0 spiro atoms. The Balaban J connectivity index is 1.63. The molecule has 1 saturated heterocycles. The van der Waals surface area contributed by atoms with E-state index in [1.54, 1.807) is 12.4 Å². The van der Waals surface area contributed by atoms with Gasteiger partial charge in [0.1, 0.15) is 5.82 Å². The van der Waals surface area contributed by atoms with Gasteiger partial charge in [0.2, 0.25) is 0 Å². The molecule has 1 atom stereocenters. The lowest BCUT2D eigenvalue weighted by Crippen LogP contribution is -2.38. The summed E-state index contributed by atoms with van der Waals surface area (Å²) in [5.41, 5.74) is 1.87. The summed E-state index contributed by atoms with van der Waals surface area (Å²) < 4.78 is 40.1. The second kappa shape index (κ2) is 7.46. The van der Waals surface area contributed by atoms with Crippen LogP contribution in [0.1, 0.15) is 35.8 Å². The predicted molar refractivity (Wildman–Crippen MR) is 102 cm³/mol. The molecule has 1 aliphatic rings. The number of hydrogen-bond acceptors (Lipinski definition) is 5. The monoisotopic (exact) mass is 402 g/mol. The van der Waals surface area contributed by atoms with Crippen molar-refractivity contribution in [3.63, 3.8) is 0 Å². The number of aryl methyl sites for hydroxylation is 1. The van der Waals surface area contributed by atoms with Crippen LogP contribution in [0.2, 0.25) is 0 Å². The molecule has 1 fully saturated rings. The van der Waals surface area contributed by atoms with E-state index in [0.29, 0.717) is 12.4 Å². The summed E-state index contributed by atoms with van der Waals surface area (Å²) in [5.74, 6) is 1.43. The summed E-state index contributed by atoms with van der Waals surface area (Å²) in [6.45, 7) is 5.25. The van der Waals surface area contributed by atoms with Crippen molar-refractivity contribution in [1.82, 2.24) is 24.7 Å². The summed E-state index contributed by atoms with van der Waals surface area (Å²) >= 11 is 0. The molecule has 4 rings (SSSR count). The van der Waals surface area contributed by atoms with Crippen LogP contribution in [0.3, 0.4) is 0 Å². The third-order valence-electron chi connectivity index (χ3n) is 5.27. The van der Waals surface area contributed by atoms with E-state index in [2.05, 4.69) is 20.0 Å². The quantitative estimate of drug-likeness (QED) is 0.657. The third kappa shape index (κ3) is 3.94. The Morgan fingerprint density at radius 3 is 2.52 bits per heavy atom. The van der Waals surface area contributed by atoms with Crippen LogP contribution >= 0.6 is 0 Å². The minimum absolute atomic E-state index is 0.140. The van der Waals surface area contributed by atoms with Gasteiger partial charge in [-0.25, -0.2) is 9.97 Å². The highest BCUT2D eigenvalue weighted by Gasteiger charge is 2.34. The molecule has 152 valence electrons. The molecule has 0 aliphatic carbocycles. The van der Waals surface area contributed by atoms with Gasteiger partial charge in [-0.2, -0.15) is 18.3 Å². The molecule has 6 nitrogen and oxygen atoms in total. The molecule has 0 amide bonds. The fraction of sp³-hybridized carbons (Fsp3) is 0.400. The molecule has 0 aromatic carbocycles. The van der Waals surface area contributed by atoms with Crippen molar-refractivity contribution in [2.24, 2.45) is 0 Å². The van der Waals surface area contributed by atoms with E-state index >= 15 is 0 Å². The van der Waals surface area contributed by atoms with Gasteiger partial charge in [-0.15, -0.1) is 0 Å². The lowest BCUT2D eigenvalue weighted by Gasteiger charge is -2.34. The standard InChI is InChI=1S/C20H21F3N6/c1-13-14(2)25-18(15-5-8-24-9-6-15)26-19(13)28-10-3-4-16(12-28)29-11-7-17(27-29)20(21,22)23/h5-9,11,16H,3-4,10,12H2,1-2H3. The molecule has 1 aliphatic heterocycles. The smallest absolute Gasteiger partial charge is 0.354 e. The number of alkyl halides is 3. The maximum absolute atomic E-state index is 12.9. The van der Waals surface area contributed by atoms with Gasteiger partial charge < -0.3 is 4.90 Å². The lowest BCUT2D eigenvalue weighted by atomic mass is 10.0. The Kier molecular flexibility index (Phi) is 4.97. The number of hydrogen-bond donors (Lipinski definition) is 0. The van der Waals surface area contributed by atoms with Crippen LogP contribution in [-0.2, 0) is 6.18 Å². The zero-order chi connectivity index (χ0) is 20.6. The van der Waals surface area contributed by atoms with Crippen LogP contribution < -0.4 is 4.90 Å². The van der Waals surface area contributed by atoms with Crippen LogP contribution in [0.5, 0.6) is 0 Å². The summed E-state index contributed by atoms with van der Waals surface area (Å²) in [6, 6.07) is 4.60. The van der Waals surface area contributed by atoms with Crippen molar-refractivity contribution in [3.05, 3.63) is 53.7 Å². The van der Waals surface area contributed by atoms with Gasteiger partial charge in [-0.3, -0.25) is 9.67 Å². The van der Waals surface area contributed by atoms with Crippen LogP contribution in [0.25, 0.3) is 11.4 Å². The van der Waals surface area contributed by atoms with Gasteiger partial charge in [0, 0.05) is 48.5 Å². The van der Waals surface area contributed by atoms with Crippen molar-refractivity contribution >= 4 is 5.82 Å². The molecular formula is C20H21F3N6. The molecule has 9 heteroatoms. The maximum Gasteiger partial charge on any atom is 0.435 e. The lowest BCUT2D eigenvalue weighted by molar-refractivity contribution is -0.141. The predicted octanol–water partition coefficient (Wildman–Crippen LogP) is 4.21. The summed E-state index contributed by atoms with van der Waals surface area (Å²) in [5, 5.41) is 3.76. The molecular weight excluding hydrogens is 381 g/mol. The van der Waals surface area contributed by atoms with E-state index < -0.39 is 11.9 Å². The van der Waals surface area contributed by atoms with Crippen molar-refractivity contribution in [3.8, 4) is 11.4 Å². The second-order valence-electron chi connectivity index (χ2n) is 7.24. The van der Waals surface area contributed by atoms with Crippen LogP contribution in [0.15, 0.2) is 36.8 Å². The van der Waals surface area contributed by atoms with E-state index in [1.165, 1.54) is 10.9 Å². The number of nitrogens with zero attached hydrogens (tertiary/aromatic N) is 6. The number of pyridine rings is 1. The van der Waals surface area contributed by atoms with E-state index in [4.69, 9.17) is 4.98 Å². The molecule has 1 unspecified atom stereocenters. The number of aromatic nitrogens is 5. The summed E-state index contributed by atoms with van der Waals surface area (Å²) in [6.07, 6.45) is 1.99. The number of halogens is 3. The van der Waals surface area contributed by atoms with Gasteiger partial charge >= 0.3 is 6.18 Å². The Morgan fingerprint density at radius 2 is 1.83 bits per heavy atom. The van der Waals surface area contributed by atoms with E-state index in [1.807, 2.05) is 26.0 Å². The highest BCUT2D eigenvalue weighted by atomic mass is 19.4. The van der Waals surface area contributed by atoms with Crippen molar-refractivity contribution < 1.29 is 13.2 Å². The van der Waals surface area contributed by atoms with E-state index in [9.17, 15) is 13.2 Å². The molecule has 3 aromatic heterocycles. The van der Waals surface area contributed by atoms with Crippen LogP contribution in [0, 0.1) is 13.8 Å². The number of piperidine rings is 1. The molecule has 29 heavy (non-hydrogen) atoms. The minimum atomic E-state index is -4.43. The molecule has 3 aromatic rings. The van der Waals surface area contributed by atoms with Gasteiger partial charge in [0.15, 0.2) is 11.5 Å². The summed E-state index contributed by atoms with van der Waals surface area (Å²) in [7, 11) is 0. The highest BCUT2D eigenvalue weighted by molar-refractivity contribution is 5.60. The van der Waals surface area contributed by atoms with Crippen LogP contribution in [-0.4, -0.2) is 37.8 Å². The van der Waals surface area contributed by atoms with Gasteiger partial charge in [0.05, 0.1) is 6.04 Å². The zero-order valence-corrected chi connectivity index (χ0v) is 16.2. The first-order valence-corrected chi connectivity index (χ1v) is 9.46. The van der Waals surface area contributed by atoms with Gasteiger partial charge in [-0.1, -0.05) is 0 Å². The Morgan fingerprint density at radius 1 is 1.07 bits per heavy atom. The fourth-order valence-corrected chi connectivity index (χ4v) is 3.61. The Labute approximate surface area is 166 Å². The summed E-state index contributed by atoms with van der Waals surface area (Å²) in [4.78, 5) is 15.5. The first-order chi connectivity index (χ1) is 13.8. The van der Waals surface area contributed by atoms with E-state index in [-0.39, 0.29) is 6.04 Å². The SMILES string of the molecule is Cc1nc(-c2ccncc2)nc(N2CCCC(n3ccc(C(F)(F)F)n3)C2)c1C. The van der Waals surface area contributed by atoms with Gasteiger partial charge in [-0.05, 0) is 44.9 Å². The molecule has 0 bridgehead atoms. The largest absolute Gasteiger partial charge is 0.435 e. The first kappa shape index (κ1) is 19.4. The first-order valence-electron chi connectivity index (χ1n) is 9.46. The Bertz CT molecular complexity index is 999. The second-order valence-corrected chi connectivity index (χ2v) is 7.24. The minimum Gasteiger partial charge on any atom is -0.354 e. The van der Waals surface area contributed by atoms with Gasteiger partial charge in [0.25, 0.3) is 0 Å². The maximum atomic E-state index is 12.9. The van der Waals surface area contributed by atoms with Crippen molar-refractivity contribution in [2.75, 3.05) is 18.0 Å². The average Bonchev–Trinajstić information content (AvgIpc) is 3.22. The normalized spacial score (nSPS) is 17.6. The molecule has 0 radical (unpaired) electrons. The van der Waals surface area contributed by atoms with Crippen LogP contribution in [0.4, 0.5) is 19.0 Å². The Hall–Kier alpha value is -2.97. The highest BCUT2D eigenvalue weighted by Crippen LogP contribution is 2.32. The zero-order valence-electron chi connectivity index (χ0n) is 16.2. The van der Waals surface area contributed by atoms with E-state index in [0.717, 1.165) is 48.1 Å². The molecule has 0 N–H and O–H groups in total. The average molecular weight is 402 g/mol. The van der Waals surface area contributed by atoms with Crippen molar-refractivity contribution in [1.29, 1.82) is 0 Å². The number of rotatable bonds is 3.